The molecule has 0 unspecified atom stereocenters. The van der Waals surface area contributed by atoms with Crippen molar-refractivity contribution in [2.45, 2.75) is 6.42 Å². The van der Waals surface area contributed by atoms with Crippen LogP contribution >= 0.6 is 0 Å². The quantitative estimate of drug-likeness (QED) is 0.682. The van der Waals surface area contributed by atoms with E-state index in [-0.39, 0.29) is 5.91 Å². The number of benzene rings is 1. The van der Waals surface area contributed by atoms with Crippen LogP contribution in [0.5, 0.6) is 11.5 Å². The fraction of sp³-hybridized carbons (Fsp3) is 0.211. The first kappa shape index (κ1) is 17.5. The molecule has 0 atom stereocenters. The van der Waals surface area contributed by atoms with Gasteiger partial charge < -0.3 is 14.8 Å². The highest BCUT2D eigenvalue weighted by Gasteiger charge is 2.12. The fourth-order valence-electron chi connectivity index (χ4n) is 2.67. The highest BCUT2D eigenvalue weighted by molar-refractivity contribution is 5.93. The molecule has 2 N–H and O–H groups in total. The molecule has 0 spiro atoms. The summed E-state index contributed by atoms with van der Waals surface area (Å²) >= 11 is 0. The number of aromatic amines is 1. The zero-order valence-electron chi connectivity index (χ0n) is 14.7. The molecule has 0 saturated heterocycles. The second kappa shape index (κ2) is 8.15. The summed E-state index contributed by atoms with van der Waals surface area (Å²) in [6.45, 7) is 0.464. The lowest BCUT2D eigenvalue weighted by Crippen LogP contribution is -2.26. The van der Waals surface area contributed by atoms with Crippen molar-refractivity contribution < 1.29 is 14.3 Å². The van der Waals surface area contributed by atoms with E-state index < -0.39 is 0 Å². The van der Waals surface area contributed by atoms with Crippen molar-refractivity contribution in [1.29, 1.82) is 0 Å². The van der Waals surface area contributed by atoms with Gasteiger partial charge in [0.05, 0.1) is 19.9 Å². The van der Waals surface area contributed by atoms with Crippen LogP contribution in [-0.4, -0.2) is 41.9 Å². The third-order valence-electron chi connectivity index (χ3n) is 3.96. The molecule has 2 aromatic heterocycles. The number of nitrogens with zero attached hydrogens (tertiary/aromatic N) is 2. The summed E-state index contributed by atoms with van der Waals surface area (Å²) < 4.78 is 10.7. The SMILES string of the molecule is COc1cccc(CCNC(=O)c2cc(-c3ccncc3)n[nH]2)c1OC. The van der Waals surface area contributed by atoms with Crippen LogP contribution in [0.2, 0.25) is 0 Å². The molecule has 1 aromatic carbocycles. The monoisotopic (exact) mass is 352 g/mol. The van der Waals surface area contributed by atoms with Crippen LogP contribution in [0.1, 0.15) is 16.1 Å². The molecule has 0 saturated carbocycles. The highest BCUT2D eigenvalue weighted by Crippen LogP contribution is 2.30. The zero-order valence-corrected chi connectivity index (χ0v) is 14.7. The molecule has 7 heteroatoms. The molecule has 0 bridgehead atoms. The normalized spacial score (nSPS) is 10.4. The van der Waals surface area contributed by atoms with Gasteiger partial charge in [0.15, 0.2) is 11.5 Å². The van der Waals surface area contributed by atoms with Gasteiger partial charge in [0.1, 0.15) is 5.69 Å². The summed E-state index contributed by atoms with van der Waals surface area (Å²) in [6.07, 6.45) is 3.99. The molecular weight excluding hydrogens is 332 g/mol. The van der Waals surface area contributed by atoms with Gasteiger partial charge in [0, 0.05) is 24.5 Å². The maximum atomic E-state index is 12.3. The standard InChI is InChI=1S/C19H20N4O3/c1-25-17-5-3-4-14(18(17)26-2)8-11-21-19(24)16-12-15(22-23-16)13-6-9-20-10-7-13/h3-7,9-10,12H,8,11H2,1-2H3,(H,21,24)(H,22,23). The Morgan fingerprint density at radius 3 is 2.69 bits per heavy atom. The lowest BCUT2D eigenvalue weighted by Gasteiger charge is -2.12. The van der Waals surface area contributed by atoms with E-state index in [9.17, 15) is 4.79 Å². The van der Waals surface area contributed by atoms with Crippen molar-refractivity contribution in [3.05, 3.63) is 60.0 Å². The van der Waals surface area contributed by atoms with Crippen molar-refractivity contribution in [2.24, 2.45) is 0 Å². The Labute approximate surface area is 151 Å². The second-order valence-corrected chi connectivity index (χ2v) is 5.56. The van der Waals surface area contributed by atoms with Gasteiger partial charge in [-0.2, -0.15) is 5.10 Å². The average Bonchev–Trinajstić information content (AvgIpc) is 3.18. The molecule has 26 heavy (non-hydrogen) atoms. The largest absolute Gasteiger partial charge is 0.493 e. The molecular formula is C19H20N4O3. The summed E-state index contributed by atoms with van der Waals surface area (Å²) in [6, 6.07) is 11.1. The number of carbonyl (C=O) groups excluding carboxylic acids is 1. The molecule has 0 radical (unpaired) electrons. The van der Waals surface area contributed by atoms with E-state index in [0.29, 0.717) is 35.9 Å². The van der Waals surface area contributed by atoms with Crippen molar-refractivity contribution in [1.82, 2.24) is 20.5 Å². The van der Waals surface area contributed by atoms with Gasteiger partial charge in [-0.05, 0) is 36.2 Å². The summed E-state index contributed by atoms with van der Waals surface area (Å²) in [5.41, 5.74) is 2.98. The number of pyridine rings is 1. The first-order valence-electron chi connectivity index (χ1n) is 8.16. The van der Waals surface area contributed by atoms with Crippen molar-refractivity contribution in [3.8, 4) is 22.8 Å². The van der Waals surface area contributed by atoms with E-state index in [4.69, 9.17) is 9.47 Å². The zero-order chi connectivity index (χ0) is 18.4. The van der Waals surface area contributed by atoms with Crippen LogP contribution in [0.15, 0.2) is 48.8 Å². The van der Waals surface area contributed by atoms with E-state index in [2.05, 4.69) is 20.5 Å². The van der Waals surface area contributed by atoms with E-state index in [0.717, 1.165) is 11.1 Å². The predicted octanol–water partition coefficient (Wildman–Crippen LogP) is 2.46. The van der Waals surface area contributed by atoms with E-state index in [1.165, 1.54) is 0 Å². The van der Waals surface area contributed by atoms with E-state index >= 15 is 0 Å². The van der Waals surface area contributed by atoms with E-state index in [1.54, 1.807) is 32.7 Å². The minimum absolute atomic E-state index is 0.209. The summed E-state index contributed by atoms with van der Waals surface area (Å²) in [5, 5.41) is 9.82. The maximum Gasteiger partial charge on any atom is 0.269 e. The van der Waals surface area contributed by atoms with Crippen LogP contribution in [-0.2, 0) is 6.42 Å². The van der Waals surface area contributed by atoms with Crippen LogP contribution in [0.25, 0.3) is 11.3 Å². The number of aromatic nitrogens is 3. The maximum absolute atomic E-state index is 12.3. The number of hydrogen-bond acceptors (Lipinski definition) is 5. The Kier molecular flexibility index (Phi) is 5.48. The minimum atomic E-state index is -0.209. The lowest BCUT2D eigenvalue weighted by atomic mass is 10.1. The number of methoxy groups -OCH3 is 2. The van der Waals surface area contributed by atoms with Gasteiger partial charge in [-0.3, -0.25) is 14.9 Å². The summed E-state index contributed by atoms with van der Waals surface area (Å²) in [5.74, 6) is 1.15. The van der Waals surface area contributed by atoms with Gasteiger partial charge in [-0.15, -0.1) is 0 Å². The van der Waals surface area contributed by atoms with Crippen LogP contribution < -0.4 is 14.8 Å². The Bertz CT molecular complexity index is 878. The average molecular weight is 352 g/mol. The van der Waals surface area contributed by atoms with Crippen molar-refractivity contribution in [3.63, 3.8) is 0 Å². The molecule has 0 aliphatic heterocycles. The molecule has 2 heterocycles. The third-order valence-corrected chi connectivity index (χ3v) is 3.96. The molecule has 0 aliphatic rings. The number of carbonyl (C=O) groups is 1. The van der Waals surface area contributed by atoms with Crippen LogP contribution in [0.3, 0.4) is 0 Å². The molecule has 0 aliphatic carbocycles. The number of nitrogens with one attached hydrogen (secondary N) is 2. The van der Waals surface area contributed by atoms with Gasteiger partial charge >= 0.3 is 0 Å². The minimum Gasteiger partial charge on any atom is -0.493 e. The Hall–Kier alpha value is -3.35. The first-order valence-corrected chi connectivity index (χ1v) is 8.16. The smallest absolute Gasteiger partial charge is 0.269 e. The fourth-order valence-corrected chi connectivity index (χ4v) is 2.67. The first-order chi connectivity index (χ1) is 12.7. The molecule has 0 fully saturated rings. The van der Waals surface area contributed by atoms with Gasteiger partial charge in [-0.1, -0.05) is 12.1 Å². The number of ether oxygens (including phenoxy) is 2. The van der Waals surface area contributed by atoms with Gasteiger partial charge in [-0.25, -0.2) is 0 Å². The number of rotatable bonds is 7. The number of H-pyrrole nitrogens is 1. The van der Waals surface area contributed by atoms with Crippen molar-refractivity contribution in [2.75, 3.05) is 20.8 Å². The number of hydrogen-bond donors (Lipinski definition) is 2. The summed E-state index contributed by atoms with van der Waals surface area (Å²) in [4.78, 5) is 16.3. The predicted molar refractivity (Wildman–Crippen MR) is 97.4 cm³/mol. The Morgan fingerprint density at radius 2 is 1.96 bits per heavy atom. The van der Waals surface area contributed by atoms with E-state index in [1.807, 2.05) is 30.3 Å². The van der Waals surface area contributed by atoms with Crippen LogP contribution in [0, 0.1) is 0 Å². The number of para-hydroxylation sites is 1. The van der Waals surface area contributed by atoms with Gasteiger partial charge in [0.25, 0.3) is 5.91 Å². The second-order valence-electron chi connectivity index (χ2n) is 5.56. The molecule has 3 aromatic rings. The molecule has 134 valence electrons. The lowest BCUT2D eigenvalue weighted by molar-refractivity contribution is 0.0949. The highest BCUT2D eigenvalue weighted by atomic mass is 16.5. The third kappa shape index (κ3) is 3.83. The summed E-state index contributed by atoms with van der Waals surface area (Å²) in [7, 11) is 3.20. The topological polar surface area (TPSA) is 89.1 Å². The molecule has 1 amide bonds. The number of amides is 1. The van der Waals surface area contributed by atoms with Crippen molar-refractivity contribution >= 4 is 5.91 Å². The molecule has 3 rings (SSSR count). The Balaban J connectivity index is 1.61. The van der Waals surface area contributed by atoms with Gasteiger partial charge in [0.2, 0.25) is 0 Å². The Morgan fingerprint density at radius 1 is 1.15 bits per heavy atom. The van der Waals surface area contributed by atoms with Crippen LogP contribution in [0.4, 0.5) is 0 Å². The molecule has 7 nitrogen and oxygen atoms in total.